The van der Waals surface area contributed by atoms with Gasteiger partial charge in [0.05, 0.1) is 0 Å². The van der Waals surface area contributed by atoms with Crippen LogP contribution in [0.4, 0.5) is 4.39 Å². The van der Waals surface area contributed by atoms with Crippen LogP contribution in [0.1, 0.15) is 10.4 Å². The van der Waals surface area contributed by atoms with E-state index in [9.17, 15) is 17.6 Å². The summed E-state index contributed by atoms with van der Waals surface area (Å²) < 4.78 is 36.3. The molecule has 1 saturated heterocycles. The van der Waals surface area contributed by atoms with E-state index in [0.717, 1.165) is 6.26 Å². The van der Waals surface area contributed by atoms with Gasteiger partial charge in [0.15, 0.2) is 9.84 Å². The number of benzene rings is 1. The van der Waals surface area contributed by atoms with Gasteiger partial charge in [0.25, 0.3) is 5.91 Å². The first-order valence-electron chi connectivity index (χ1n) is 5.73. The van der Waals surface area contributed by atoms with Crippen molar-refractivity contribution in [1.82, 2.24) is 4.90 Å². The standard InChI is InChI=1S/C12H14FNO3S2/c1-19(16,17)11-8-18-7-6-14(11)12(15)9-2-4-10(13)5-3-9/h2-5,11H,6-8H2,1H3. The number of carbonyl (C=O) groups is 1. The Balaban J connectivity index is 2.27. The molecule has 0 saturated carbocycles. The lowest BCUT2D eigenvalue weighted by atomic mass is 10.2. The first-order chi connectivity index (χ1) is 8.89. The number of hydrogen-bond donors (Lipinski definition) is 0. The zero-order valence-electron chi connectivity index (χ0n) is 10.4. The fraction of sp³-hybridized carbons (Fsp3) is 0.417. The minimum absolute atomic E-state index is 0.307. The smallest absolute Gasteiger partial charge is 0.254 e. The molecule has 0 aromatic heterocycles. The molecule has 104 valence electrons. The SMILES string of the molecule is CS(=O)(=O)C1CSCCN1C(=O)c1ccc(F)cc1. The molecular weight excluding hydrogens is 289 g/mol. The molecule has 1 atom stereocenters. The Bertz CT molecular complexity index is 571. The van der Waals surface area contributed by atoms with Crippen molar-refractivity contribution in [2.24, 2.45) is 0 Å². The van der Waals surface area contributed by atoms with Crippen molar-refractivity contribution >= 4 is 27.5 Å². The average molecular weight is 303 g/mol. The normalized spacial score (nSPS) is 20.3. The van der Waals surface area contributed by atoms with Crippen molar-refractivity contribution in [3.8, 4) is 0 Å². The molecule has 19 heavy (non-hydrogen) atoms. The molecule has 1 amide bonds. The summed E-state index contributed by atoms with van der Waals surface area (Å²) in [4.78, 5) is 13.7. The van der Waals surface area contributed by atoms with Crippen LogP contribution < -0.4 is 0 Å². The van der Waals surface area contributed by atoms with Crippen molar-refractivity contribution in [3.05, 3.63) is 35.6 Å². The van der Waals surface area contributed by atoms with Gasteiger partial charge in [-0.05, 0) is 24.3 Å². The van der Waals surface area contributed by atoms with Gasteiger partial charge in [-0.15, -0.1) is 0 Å². The number of sulfone groups is 1. The zero-order valence-corrected chi connectivity index (χ0v) is 12.0. The van der Waals surface area contributed by atoms with Crippen LogP contribution in [0.3, 0.4) is 0 Å². The van der Waals surface area contributed by atoms with Gasteiger partial charge in [0.2, 0.25) is 0 Å². The number of nitrogens with zero attached hydrogens (tertiary/aromatic N) is 1. The molecule has 2 rings (SSSR count). The Hall–Kier alpha value is -1.08. The van der Waals surface area contributed by atoms with E-state index in [1.54, 1.807) is 0 Å². The van der Waals surface area contributed by atoms with E-state index < -0.39 is 21.0 Å². The van der Waals surface area contributed by atoms with E-state index in [4.69, 9.17) is 0 Å². The maximum absolute atomic E-state index is 12.8. The van der Waals surface area contributed by atoms with Crippen LogP contribution in [0.2, 0.25) is 0 Å². The molecule has 1 aliphatic rings. The van der Waals surface area contributed by atoms with E-state index in [1.165, 1.54) is 40.9 Å². The van der Waals surface area contributed by atoms with Gasteiger partial charge in [-0.1, -0.05) is 0 Å². The predicted octanol–water partition coefficient (Wildman–Crippen LogP) is 1.39. The molecule has 1 heterocycles. The van der Waals surface area contributed by atoms with Crippen molar-refractivity contribution in [3.63, 3.8) is 0 Å². The lowest BCUT2D eigenvalue weighted by Gasteiger charge is -2.34. The number of halogens is 1. The summed E-state index contributed by atoms with van der Waals surface area (Å²) in [6.45, 7) is 0.388. The Labute approximate surface area is 115 Å². The molecule has 0 spiro atoms. The lowest BCUT2D eigenvalue weighted by Crippen LogP contribution is -2.49. The average Bonchev–Trinajstić information content (AvgIpc) is 2.38. The molecule has 1 fully saturated rings. The zero-order chi connectivity index (χ0) is 14.0. The third-order valence-electron chi connectivity index (χ3n) is 2.93. The third-order valence-corrected chi connectivity index (χ3v) is 5.57. The molecule has 0 aliphatic carbocycles. The van der Waals surface area contributed by atoms with Crippen LogP contribution in [0, 0.1) is 5.82 Å². The number of hydrogen-bond acceptors (Lipinski definition) is 4. The van der Waals surface area contributed by atoms with Gasteiger partial charge in [-0.3, -0.25) is 4.79 Å². The minimum Gasteiger partial charge on any atom is -0.320 e. The molecule has 1 aromatic carbocycles. The predicted molar refractivity (Wildman–Crippen MR) is 73.4 cm³/mol. The van der Waals surface area contributed by atoms with Crippen LogP contribution in [-0.2, 0) is 9.84 Å². The summed E-state index contributed by atoms with van der Waals surface area (Å²) >= 11 is 1.52. The Morgan fingerprint density at radius 3 is 2.58 bits per heavy atom. The van der Waals surface area contributed by atoms with Gasteiger partial charge in [-0.25, -0.2) is 12.8 Å². The maximum Gasteiger partial charge on any atom is 0.254 e. The fourth-order valence-corrected chi connectivity index (χ4v) is 4.74. The van der Waals surface area contributed by atoms with Crippen LogP contribution in [0.25, 0.3) is 0 Å². The summed E-state index contributed by atoms with van der Waals surface area (Å²) in [5.41, 5.74) is 0.307. The lowest BCUT2D eigenvalue weighted by molar-refractivity contribution is 0.0749. The second-order valence-electron chi connectivity index (χ2n) is 4.36. The monoisotopic (exact) mass is 303 g/mol. The Morgan fingerprint density at radius 2 is 2.00 bits per heavy atom. The fourth-order valence-electron chi connectivity index (χ4n) is 1.93. The number of rotatable bonds is 2. The Kier molecular flexibility index (Phi) is 4.15. The van der Waals surface area contributed by atoms with E-state index in [-0.39, 0.29) is 5.91 Å². The van der Waals surface area contributed by atoms with Gasteiger partial charge >= 0.3 is 0 Å². The van der Waals surface area contributed by atoms with Gasteiger partial charge < -0.3 is 4.90 Å². The van der Waals surface area contributed by atoms with Crippen LogP contribution >= 0.6 is 11.8 Å². The van der Waals surface area contributed by atoms with Crippen molar-refractivity contribution in [2.75, 3.05) is 24.3 Å². The minimum atomic E-state index is -3.33. The van der Waals surface area contributed by atoms with Crippen LogP contribution in [0.5, 0.6) is 0 Å². The van der Waals surface area contributed by atoms with Crippen LogP contribution in [0.15, 0.2) is 24.3 Å². The molecular formula is C12H14FNO3S2. The van der Waals surface area contributed by atoms with E-state index in [2.05, 4.69) is 0 Å². The highest BCUT2D eigenvalue weighted by molar-refractivity contribution is 8.00. The third kappa shape index (κ3) is 3.27. The van der Waals surface area contributed by atoms with Crippen LogP contribution in [-0.4, -0.2) is 48.9 Å². The van der Waals surface area contributed by atoms with Gasteiger partial charge in [0, 0.05) is 29.9 Å². The van der Waals surface area contributed by atoms with Crippen molar-refractivity contribution in [2.45, 2.75) is 5.37 Å². The number of thioether (sulfide) groups is 1. The van der Waals surface area contributed by atoms with E-state index >= 15 is 0 Å². The summed E-state index contributed by atoms with van der Waals surface area (Å²) in [6.07, 6.45) is 1.13. The topological polar surface area (TPSA) is 54.5 Å². The molecule has 4 nitrogen and oxygen atoms in total. The van der Waals surface area contributed by atoms with E-state index in [0.29, 0.717) is 23.6 Å². The van der Waals surface area contributed by atoms with Crippen molar-refractivity contribution < 1.29 is 17.6 Å². The molecule has 0 bridgehead atoms. The highest BCUT2D eigenvalue weighted by Gasteiger charge is 2.34. The number of carbonyl (C=O) groups excluding carboxylic acids is 1. The summed E-state index contributed by atoms with van der Waals surface area (Å²) in [5.74, 6) is 0.297. The quantitative estimate of drug-likeness (QED) is 0.828. The summed E-state index contributed by atoms with van der Waals surface area (Å²) in [5, 5.41) is -0.802. The molecule has 0 radical (unpaired) electrons. The van der Waals surface area contributed by atoms with Gasteiger partial charge in [0.1, 0.15) is 11.2 Å². The second-order valence-corrected chi connectivity index (χ2v) is 7.72. The molecule has 0 N–H and O–H groups in total. The first-order valence-corrected chi connectivity index (χ1v) is 8.83. The number of amides is 1. The van der Waals surface area contributed by atoms with Crippen molar-refractivity contribution in [1.29, 1.82) is 0 Å². The van der Waals surface area contributed by atoms with E-state index in [1.807, 2.05) is 0 Å². The molecule has 1 aliphatic heterocycles. The molecule has 1 unspecified atom stereocenters. The summed E-state index contributed by atoms with van der Waals surface area (Å²) in [6, 6.07) is 5.14. The largest absolute Gasteiger partial charge is 0.320 e. The van der Waals surface area contributed by atoms with Gasteiger partial charge in [-0.2, -0.15) is 11.8 Å². The molecule has 7 heteroatoms. The second kappa shape index (κ2) is 5.50. The highest BCUT2D eigenvalue weighted by Crippen LogP contribution is 2.22. The first kappa shape index (κ1) is 14.3. The maximum atomic E-state index is 12.8. The molecule has 1 aromatic rings. The highest BCUT2D eigenvalue weighted by atomic mass is 32.2. The Morgan fingerprint density at radius 1 is 1.37 bits per heavy atom. The summed E-state index contributed by atoms with van der Waals surface area (Å²) in [7, 11) is -3.33.